The molecule has 118 valence electrons. The van der Waals surface area contributed by atoms with Crippen molar-refractivity contribution in [2.24, 2.45) is 5.11 Å². The highest BCUT2D eigenvalue weighted by atomic mass is 16.7. The van der Waals surface area contributed by atoms with E-state index in [1.165, 1.54) is 7.11 Å². The van der Waals surface area contributed by atoms with Crippen molar-refractivity contribution in [1.82, 2.24) is 0 Å². The van der Waals surface area contributed by atoms with Crippen LogP contribution in [0.2, 0.25) is 0 Å². The van der Waals surface area contributed by atoms with Gasteiger partial charge in [0.05, 0.1) is 12.7 Å². The minimum Gasteiger partial charge on any atom is -0.390 e. The molecule has 0 bridgehead atoms. The number of hydrogen-bond acceptors (Lipinski definition) is 6. The summed E-state index contributed by atoms with van der Waals surface area (Å²) in [5, 5.41) is 14.0. The Balaban J connectivity index is 1.79. The first kappa shape index (κ1) is 15.2. The van der Waals surface area contributed by atoms with Crippen LogP contribution in [0.5, 0.6) is 0 Å². The molecule has 2 saturated heterocycles. The van der Waals surface area contributed by atoms with Crippen molar-refractivity contribution in [1.29, 1.82) is 0 Å². The SMILES string of the molecule is CO[C@@H]1O[C@H]2COC(c3ccccc3)O[C@@H]2[C@H](O)[C@H]1N=[N+]=[N-]. The number of nitrogens with zero attached hydrogens (tertiary/aromatic N) is 3. The zero-order valence-corrected chi connectivity index (χ0v) is 12.0. The summed E-state index contributed by atoms with van der Waals surface area (Å²) in [6.07, 6.45) is -3.58. The van der Waals surface area contributed by atoms with Crippen LogP contribution in [0.1, 0.15) is 11.9 Å². The molecule has 2 aliphatic rings. The number of hydrogen-bond donors (Lipinski definition) is 1. The van der Waals surface area contributed by atoms with Crippen LogP contribution >= 0.6 is 0 Å². The highest BCUT2D eigenvalue weighted by Gasteiger charge is 2.49. The predicted molar refractivity (Wildman–Crippen MR) is 74.6 cm³/mol. The van der Waals surface area contributed by atoms with E-state index in [1.807, 2.05) is 30.3 Å². The molecule has 2 aliphatic heterocycles. The van der Waals surface area contributed by atoms with Crippen LogP contribution in [0.15, 0.2) is 35.4 Å². The van der Waals surface area contributed by atoms with Gasteiger partial charge in [0.15, 0.2) is 12.6 Å². The van der Waals surface area contributed by atoms with Gasteiger partial charge in [-0.25, -0.2) is 0 Å². The largest absolute Gasteiger partial charge is 0.390 e. The smallest absolute Gasteiger partial charge is 0.184 e. The predicted octanol–water partition coefficient (Wildman–Crippen LogP) is 1.51. The third kappa shape index (κ3) is 2.80. The maximum atomic E-state index is 10.5. The van der Waals surface area contributed by atoms with Gasteiger partial charge in [-0.15, -0.1) is 0 Å². The van der Waals surface area contributed by atoms with Crippen LogP contribution in [-0.2, 0) is 18.9 Å². The number of fused-ring (bicyclic) bond motifs is 1. The molecule has 0 saturated carbocycles. The molecule has 0 spiro atoms. The maximum absolute atomic E-state index is 10.5. The lowest BCUT2D eigenvalue weighted by molar-refractivity contribution is -0.338. The van der Waals surface area contributed by atoms with E-state index in [2.05, 4.69) is 10.0 Å². The van der Waals surface area contributed by atoms with E-state index in [9.17, 15) is 5.11 Å². The summed E-state index contributed by atoms with van der Waals surface area (Å²) in [6.45, 7) is 0.254. The topological polar surface area (TPSA) is 106 Å². The number of aliphatic hydroxyl groups is 1. The van der Waals surface area contributed by atoms with Gasteiger partial charge in [-0.1, -0.05) is 35.4 Å². The normalized spacial score (nSPS) is 37.9. The summed E-state index contributed by atoms with van der Waals surface area (Å²) in [4.78, 5) is 2.74. The van der Waals surface area contributed by atoms with Crippen LogP contribution < -0.4 is 0 Å². The number of ether oxygens (including phenoxy) is 4. The molecule has 22 heavy (non-hydrogen) atoms. The Kier molecular flexibility index (Phi) is 4.58. The second-order valence-electron chi connectivity index (χ2n) is 5.14. The summed E-state index contributed by atoms with van der Waals surface area (Å²) in [5.74, 6) is 0. The minimum absolute atomic E-state index is 0.254. The molecule has 0 aromatic heterocycles. The van der Waals surface area contributed by atoms with Gasteiger partial charge >= 0.3 is 0 Å². The van der Waals surface area contributed by atoms with Gasteiger partial charge < -0.3 is 24.1 Å². The molecule has 2 heterocycles. The maximum Gasteiger partial charge on any atom is 0.184 e. The molecule has 2 fully saturated rings. The van der Waals surface area contributed by atoms with Gasteiger partial charge in [-0.2, -0.15) is 0 Å². The first-order chi connectivity index (χ1) is 10.7. The van der Waals surface area contributed by atoms with E-state index in [0.29, 0.717) is 0 Å². The molecule has 1 N–H and O–H groups in total. The number of benzene rings is 1. The van der Waals surface area contributed by atoms with Crippen molar-refractivity contribution >= 4 is 0 Å². The molecule has 8 nitrogen and oxygen atoms in total. The molecule has 3 rings (SSSR count). The first-order valence-corrected chi connectivity index (χ1v) is 6.97. The fraction of sp³-hybridized carbons (Fsp3) is 0.571. The van der Waals surface area contributed by atoms with Crippen LogP contribution in [0.4, 0.5) is 0 Å². The van der Waals surface area contributed by atoms with E-state index < -0.39 is 36.9 Å². The standard InChI is InChI=1S/C14H17N3O5/c1-19-14-10(16-17-15)11(18)12-9(21-14)7-20-13(22-12)8-5-3-2-4-6-8/h2-6,9-14,18H,7H2,1H3/t9-,10+,11+,12-,13?,14+/m0/s1. The molecule has 1 unspecified atom stereocenters. The van der Waals surface area contributed by atoms with E-state index in [0.717, 1.165) is 5.56 Å². The third-order valence-corrected chi connectivity index (χ3v) is 3.82. The molecule has 0 radical (unpaired) electrons. The Morgan fingerprint density at radius 3 is 2.77 bits per heavy atom. The van der Waals surface area contributed by atoms with Gasteiger partial charge in [0.2, 0.25) is 0 Å². The second-order valence-corrected chi connectivity index (χ2v) is 5.14. The Labute approximate surface area is 127 Å². The summed E-state index contributed by atoms with van der Waals surface area (Å²) in [5.41, 5.74) is 9.50. The highest BCUT2D eigenvalue weighted by Crippen LogP contribution is 2.35. The quantitative estimate of drug-likeness (QED) is 0.517. The molecule has 6 atom stereocenters. The average molecular weight is 307 g/mol. The van der Waals surface area contributed by atoms with Crippen molar-refractivity contribution in [2.45, 2.75) is 36.9 Å². The van der Waals surface area contributed by atoms with E-state index in [1.54, 1.807) is 0 Å². The van der Waals surface area contributed by atoms with Crippen LogP contribution in [-0.4, -0.2) is 49.5 Å². The fourth-order valence-corrected chi connectivity index (χ4v) is 2.73. The summed E-state index contributed by atoms with van der Waals surface area (Å²) in [7, 11) is 1.43. The van der Waals surface area contributed by atoms with Crippen LogP contribution in [0, 0.1) is 0 Å². The van der Waals surface area contributed by atoms with Gasteiger partial charge in [0, 0.05) is 17.6 Å². The van der Waals surface area contributed by atoms with Crippen LogP contribution in [0.25, 0.3) is 10.4 Å². The average Bonchev–Trinajstić information content (AvgIpc) is 2.58. The molecular weight excluding hydrogens is 290 g/mol. The Morgan fingerprint density at radius 1 is 1.32 bits per heavy atom. The highest BCUT2D eigenvalue weighted by molar-refractivity contribution is 5.16. The van der Waals surface area contributed by atoms with E-state index >= 15 is 0 Å². The van der Waals surface area contributed by atoms with Crippen molar-refractivity contribution in [3.63, 3.8) is 0 Å². The lowest BCUT2D eigenvalue weighted by atomic mass is 9.96. The van der Waals surface area contributed by atoms with Crippen molar-refractivity contribution < 1.29 is 24.1 Å². The Bertz CT molecular complexity index is 551. The molecule has 1 aromatic carbocycles. The Hall–Kier alpha value is -1.67. The molecule has 0 aliphatic carbocycles. The monoisotopic (exact) mass is 307 g/mol. The van der Waals surface area contributed by atoms with E-state index in [4.69, 9.17) is 24.5 Å². The lowest BCUT2D eigenvalue weighted by Gasteiger charge is -2.46. The third-order valence-electron chi connectivity index (χ3n) is 3.82. The van der Waals surface area contributed by atoms with Gasteiger partial charge in [0.1, 0.15) is 18.2 Å². The summed E-state index contributed by atoms with van der Waals surface area (Å²) < 4.78 is 22.3. The molecular formula is C14H17N3O5. The van der Waals surface area contributed by atoms with Crippen molar-refractivity contribution in [3.8, 4) is 0 Å². The van der Waals surface area contributed by atoms with Gasteiger partial charge in [0.25, 0.3) is 0 Å². The number of methoxy groups -OCH3 is 1. The van der Waals surface area contributed by atoms with Crippen LogP contribution in [0.3, 0.4) is 0 Å². The zero-order valence-electron chi connectivity index (χ0n) is 12.0. The lowest BCUT2D eigenvalue weighted by Crippen LogP contribution is -2.61. The molecule has 1 aromatic rings. The summed E-state index contributed by atoms with van der Waals surface area (Å²) in [6, 6.07) is 8.55. The summed E-state index contributed by atoms with van der Waals surface area (Å²) >= 11 is 0. The fourth-order valence-electron chi connectivity index (χ4n) is 2.73. The first-order valence-electron chi connectivity index (χ1n) is 6.97. The van der Waals surface area contributed by atoms with Crippen molar-refractivity contribution in [3.05, 3.63) is 46.3 Å². The van der Waals surface area contributed by atoms with E-state index in [-0.39, 0.29) is 6.61 Å². The van der Waals surface area contributed by atoms with Gasteiger partial charge in [-0.3, -0.25) is 0 Å². The van der Waals surface area contributed by atoms with Crippen molar-refractivity contribution in [2.75, 3.05) is 13.7 Å². The molecule has 8 heteroatoms. The number of rotatable bonds is 3. The molecule has 0 amide bonds. The number of azide groups is 1. The zero-order chi connectivity index (χ0) is 15.5. The second kappa shape index (κ2) is 6.62. The Morgan fingerprint density at radius 2 is 2.09 bits per heavy atom. The van der Waals surface area contributed by atoms with Gasteiger partial charge in [-0.05, 0) is 5.53 Å². The minimum atomic E-state index is -1.03. The number of aliphatic hydroxyl groups excluding tert-OH is 1.